The summed E-state index contributed by atoms with van der Waals surface area (Å²) >= 11 is 0. The van der Waals surface area contributed by atoms with Crippen LogP contribution in [0.25, 0.3) is 0 Å². The molecular weight excluding hydrogens is 194 g/mol. The molecule has 0 aromatic heterocycles. The van der Waals surface area contributed by atoms with Crippen molar-refractivity contribution in [1.82, 2.24) is 5.32 Å². The second kappa shape index (κ2) is 5.14. The van der Waals surface area contributed by atoms with Gasteiger partial charge in [0.05, 0.1) is 6.42 Å². The Morgan fingerprint density at radius 1 is 1.27 bits per heavy atom. The highest BCUT2D eigenvalue weighted by Crippen LogP contribution is 2.43. The van der Waals surface area contributed by atoms with Gasteiger partial charge in [-0.05, 0) is 25.2 Å². The summed E-state index contributed by atoms with van der Waals surface area (Å²) in [6.45, 7) is 2.48. The van der Waals surface area contributed by atoms with E-state index in [-0.39, 0.29) is 17.7 Å². The van der Waals surface area contributed by atoms with E-state index in [0.717, 1.165) is 25.7 Å². The van der Waals surface area contributed by atoms with Crippen molar-refractivity contribution in [2.75, 3.05) is 6.54 Å². The second-order valence-electron chi connectivity index (χ2n) is 4.41. The van der Waals surface area contributed by atoms with Gasteiger partial charge in [-0.3, -0.25) is 9.59 Å². The highest BCUT2D eigenvalue weighted by atomic mass is 16.4. The van der Waals surface area contributed by atoms with Gasteiger partial charge in [0.2, 0.25) is 5.91 Å². The van der Waals surface area contributed by atoms with Gasteiger partial charge in [-0.15, -0.1) is 0 Å². The molecule has 0 bridgehead atoms. The summed E-state index contributed by atoms with van der Waals surface area (Å²) in [5, 5.41) is 11.6. The number of nitrogens with one attached hydrogen (secondary N) is 1. The lowest BCUT2D eigenvalue weighted by atomic mass is 9.79. The zero-order valence-corrected chi connectivity index (χ0v) is 9.21. The smallest absolute Gasteiger partial charge is 0.303 e. The van der Waals surface area contributed by atoms with E-state index in [1.807, 2.05) is 6.92 Å². The van der Waals surface area contributed by atoms with Crippen molar-refractivity contribution >= 4 is 11.9 Å². The van der Waals surface area contributed by atoms with E-state index in [1.54, 1.807) is 0 Å². The zero-order chi connectivity index (χ0) is 11.3. The van der Waals surface area contributed by atoms with Gasteiger partial charge in [0, 0.05) is 13.0 Å². The molecule has 0 heterocycles. The van der Waals surface area contributed by atoms with Crippen LogP contribution in [0.1, 0.15) is 45.4 Å². The molecule has 0 aromatic rings. The van der Waals surface area contributed by atoms with E-state index in [0.29, 0.717) is 13.0 Å². The van der Waals surface area contributed by atoms with Crippen molar-refractivity contribution in [2.45, 2.75) is 45.4 Å². The van der Waals surface area contributed by atoms with Crippen molar-refractivity contribution in [1.29, 1.82) is 0 Å². The van der Waals surface area contributed by atoms with Crippen molar-refractivity contribution in [3.8, 4) is 0 Å². The molecule has 2 N–H and O–H groups in total. The lowest BCUT2D eigenvalue weighted by Crippen LogP contribution is -2.31. The average molecular weight is 213 g/mol. The van der Waals surface area contributed by atoms with Crippen molar-refractivity contribution < 1.29 is 14.7 Å². The van der Waals surface area contributed by atoms with Crippen LogP contribution in [0.3, 0.4) is 0 Å². The molecule has 15 heavy (non-hydrogen) atoms. The van der Waals surface area contributed by atoms with E-state index in [9.17, 15) is 9.59 Å². The summed E-state index contributed by atoms with van der Waals surface area (Å²) in [4.78, 5) is 22.2. The van der Waals surface area contributed by atoms with Crippen molar-refractivity contribution in [2.24, 2.45) is 5.41 Å². The normalized spacial score (nSPS) is 18.7. The standard InChI is InChI=1S/C11H19NO3/c1-2-12-9(13)7-11(8-10(14)15)5-3-4-6-11/h2-8H2,1H3,(H,12,13)(H,14,15). The van der Waals surface area contributed by atoms with Gasteiger partial charge < -0.3 is 10.4 Å². The van der Waals surface area contributed by atoms with Crippen LogP contribution in [0.15, 0.2) is 0 Å². The first-order valence-electron chi connectivity index (χ1n) is 5.56. The van der Waals surface area contributed by atoms with E-state index >= 15 is 0 Å². The number of hydrogen-bond donors (Lipinski definition) is 2. The quantitative estimate of drug-likeness (QED) is 0.728. The monoisotopic (exact) mass is 213 g/mol. The Balaban J connectivity index is 2.56. The number of hydrogen-bond acceptors (Lipinski definition) is 2. The van der Waals surface area contributed by atoms with Crippen LogP contribution >= 0.6 is 0 Å². The summed E-state index contributed by atoms with van der Waals surface area (Å²) < 4.78 is 0. The van der Waals surface area contributed by atoms with Gasteiger partial charge in [0.25, 0.3) is 0 Å². The first-order valence-corrected chi connectivity index (χ1v) is 5.56. The van der Waals surface area contributed by atoms with Gasteiger partial charge in [-0.1, -0.05) is 12.8 Å². The van der Waals surface area contributed by atoms with Crippen LogP contribution in [0.5, 0.6) is 0 Å². The molecule has 0 radical (unpaired) electrons. The topological polar surface area (TPSA) is 66.4 Å². The zero-order valence-electron chi connectivity index (χ0n) is 9.21. The fourth-order valence-corrected chi connectivity index (χ4v) is 2.46. The number of carbonyl (C=O) groups excluding carboxylic acids is 1. The second-order valence-corrected chi connectivity index (χ2v) is 4.41. The minimum atomic E-state index is -0.791. The third kappa shape index (κ3) is 3.53. The molecule has 0 aliphatic heterocycles. The molecule has 1 saturated carbocycles. The molecule has 0 atom stereocenters. The Morgan fingerprint density at radius 2 is 1.87 bits per heavy atom. The number of rotatable bonds is 5. The number of carbonyl (C=O) groups is 2. The highest BCUT2D eigenvalue weighted by Gasteiger charge is 2.37. The van der Waals surface area contributed by atoms with Gasteiger partial charge in [0.1, 0.15) is 0 Å². The maximum Gasteiger partial charge on any atom is 0.303 e. The third-order valence-electron chi connectivity index (χ3n) is 3.10. The molecule has 1 fully saturated rings. The molecule has 1 aliphatic carbocycles. The SMILES string of the molecule is CCNC(=O)CC1(CC(=O)O)CCCC1. The minimum Gasteiger partial charge on any atom is -0.481 e. The highest BCUT2D eigenvalue weighted by molar-refractivity contribution is 5.78. The van der Waals surface area contributed by atoms with Crippen LogP contribution in [-0.2, 0) is 9.59 Å². The molecule has 0 spiro atoms. The van der Waals surface area contributed by atoms with Crippen LogP contribution in [0.2, 0.25) is 0 Å². The minimum absolute atomic E-state index is 0.0133. The summed E-state index contributed by atoms with van der Waals surface area (Å²) in [6.07, 6.45) is 4.34. The van der Waals surface area contributed by atoms with Crippen LogP contribution in [0.4, 0.5) is 0 Å². The van der Waals surface area contributed by atoms with E-state index in [2.05, 4.69) is 5.32 Å². The molecule has 86 valence electrons. The Kier molecular flexibility index (Phi) is 4.12. The Hall–Kier alpha value is -1.06. The summed E-state index contributed by atoms with van der Waals surface area (Å²) in [7, 11) is 0. The van der Waals surface area contributed by atoms with Crippen molar-refractivity contribution in [3.63, 3.8) is 0 Å². The van der Waals surface area contributed by atoms with Gasteiger partial charge in [-0.2, -0.15) is 0 Å². The van der Waals surface area contributed by atoms with Crippen LogP contribution in [-0.4, -0.2) is 23.5 Å². The average Bonchev–Trinajstić information content (AvgIpc) is 2.51. The molecule has 0 saturated heterocycles. The van der Waals surface area contributed by atoms with E-state index in [1.165, 1.54) is 0 Å². The Morgan fingerprint density at radius 3 is 2.33 bits per heavy atom. The molecule has 1 aliphatic rings. The van der Waals surface area contributed by atoms with E-state index < -0.39 is 5.97 Å². The fraction of sp³-hybridized carbons (Fsp3) is 0.818. The predicted octanol–water partition coefficient (Wildman–Crippen LogP) is 1.55. The molecule has 1 amide bonds. The number of carboxylic acid groups (broad SMARTS) is 1. The maximum absolute atomic E-state index is 11.5. The molecule has 0 aromatic carbocycles. The Labute approximate surface area is 90.0 Å². The fourth-order valence-electron chi connectivity index (χ4n) is 2.46. The van der Waals surface area contributed by atoms with Gasteiger partial charge >= 0.3 is 5.97 Å². The lowest BCUT2D eigenvalue weighted by Gasteiger charge is -2.26. The molecule has 1 rings (SSSR count). The Bertz CT molecular complexity index is 244. The number of carboxylic acids is 1. The number of aliphatic carboxylic acids is 1. The summed E-state index contributed by atoms with van der Waals surface area (Å²) in [5.41, 5.74) is -0.273. The summed E-state index contributed by atoms with van der Waals surface area (Å²) in [5.74, 6) is -0.804. The molecule has 0 unspecified atom stereocenters. The van der Waals surface area contributed by atoms with E-state index in [4.69, 9.17) is 5.11 Å². The third-order valence-corrected chi connectivity index (χ3v) is 3.10. The van der Waals surface area contributed by atoms with Crippen molar-refractivity contribution in [3.05, 3.63) is 0 Å². The number of amides is 1. The summed E-state index contributed by atoms with van der Waals surface area (Å²) in [6, 6.07) is 0. The molecule has 4 nitrogen and oxygen atoms in total. The van der Waals surface area contributed by atoms with Gasteiger partial charge in [0.15, 0.2) is 0 Å². The molecule has 4 heteroatoms. The first-order chi connectivity index (χ1) is 7.08. The maximum atomic E-state index is 11.5. The largest absolute Gasteiger partial charge is 0.481 e. The van der Waals surface area contributed by atoms with Gasteiger partial charge in [-0.25, -0.2) is 0 Å². The first kappa shape index (κ1) is 12.0. The van der Waals surface area contributed by atoms with Crippen LogP contribution < -0.4 is 5.32 Å². The predicted molar refractivity (Wildman–Crippen MR) is 56.5 cm³/mol. The van der Waals surface area contributed by atoms with Crippen LogP contribution in [0, 0.1) is 5.41 Å². The molecular formula is C11H19NO3. The lowest BCUT2D eigenvalue weighted by molar-refractivity contribution is -0.140.